The fraction of sp³-hybridized carbons (Fsp3) is 0.462. The second kappa shape index (κ2) is 10.0. The van der Waals surface area contributed by atoms with Crippen molar-refractivity contribution in [1.29, 1.82) is 0 Å². The van der Waals surface area contributed by atoms with Gasteiger partial charge in [0.25, 0.3) is 0 Å². The first-order valence-electron chi connectivity index (χ1n) is 12.1. The molecule has 3 heterocycles. The van der Waals surface area contributed by atoms with Crippen molar-refractivity contribution in [2.24, 2.45) is 0 Å². The molecule has 1 fully saturated rings. The lowest BCUT2D eigenvalue weighted by Crippen LogP contribution is -2.36. The van der Waals surface area contributed by atoms with Crippen LogP contribution in [0.2, 0.25) is 0 Å². The number of hydrogen-bond donors (Lipinski definition) is 1. The summed E-state index contributed by atoms with van der Waals surface area (Å²) in [6.07, 6.45) is -8.57. The highest BCUT2D eigenvalue weighted by atomic mass is 19.4. The highest BCUT2D eigenvalue weighted by Crippen LogP contribution is 2.41. The molecule has 0 spiro atoms. The van der Waals surface area contributed by atoms with Crippen LogP contribution < -0.4 is 5.32 Å². The Kier molecular flexibility index (Phi) is 7.28. The number of likely N-dealkylation sites (tertiary alicyclic amines) is 1. The minimum absolute atomic E-state index is 0.00777. The van der Waals surface area contributed by atoms with Crippen molar-refractivity contribution in [3.8, 4) is 0 Å². The first-order chi connectivity index (χ1) is 17.7. The molecule has 38 heavy (non-hydrogen) atoms. The van der Waals surface area contributed by atoms with Crippen molar-refractivity contribution in [3.05, 3.63) is 58.0 Å². The molecule has 1 aliphatic rings. The molecule has 2 aromatic heterocycles. The smallest absolute Gasteiger partial charge is 0.363 e. The van der Waals surface area contributed by atoms with Crippen LogP contribution in [0.4, 0.5) is 32.2 Å². The van der Waals surface area contributed by atoms with Gasteiger partial charge in [-0.25, -0.2) is 15.0 Å². The SMILES string of the molecule is CC(=O)N1CCC(c2cc3c(N[C@H](C)c4cccc(C(F)(F)F)c4C)nc(C)nc3nc2C(F)(F)F)CC1. The maximum absolute atomic E-state index is 14.1. The van der Waals surface area contributed by atoms with E-state index in [-0.39, 0.29) is 39.7 Å². The van der Waals surface area contributed by atoms with E-state index in [0.29, 0.717) is 31.5 Å². The predicted molar refractivity (Wildman–Crippen MR) is 130 cm³/mol. The predicted octanol–water partition coefficient (Wildman–Crippen LogP) is 6.58. The summed E-state index contributed by atoms with van der Waals surface area (Å²) in [4.78, 5) is 25.6. The van der Waals surface area contributed by atoms with Crippen LogP contribution in [0.1, 0.15) is 72.4 Å². The lowest BCUT2D eigenvalue weighted by Gasteiger charge is -2.32. The zero-order chi connectivity index (χ0) is 28.0. The number of fused-ring (bicyclic) bond motifs is 1. The number of piperidine rings is 1. The number of anilines is 1. The Morgan fingerprint density at radius 1 is 1.03 bits per heavy atom. The van der Waals surface area contributed by atoms with Gasteiger partial charge in [0.05, 0.1) is 17.0 Å². The Balaban J connectivity index is 1.78. The normalized spacial score (nSPS) is 16.1. The molecule has 6 nitrogen and oxygen atoms in total. The van der Waals surface area contributed by atoms with E-state index < -0.39 is 35.6 Å². The summed E-state index contributed by atoms with van der Waals surface area (Å²) in [5.41, 5.74) is -1.54. The summed E-state index contributed by atoms with van der Waals surface area (Å²) >= 11 is 0. The number of alkyl halides is 6. The lowest BCUT2D eigenvalue weighted by atomic mass is 9.87. The quantitative estimate of drug-likeness (QED) is 0.380. The molecular weight excluding hydrogens is 512 g/mol. The Bertz CT molecular complexity index is 1360. The van der Waals surface area contributed by atoms with E-state index in [2.05, 4.69) is 20.3 Å². The van der Waals surface area contributed by atoms with Crippen molar-refractivity contribution < 1.29 is 31.1 Å². The topological polar surface area (TPSA) is 71.0 Å². The minimum atomic E-state index is -4.73. The number of halogens is 6. The summed E-state index contributed by atoms with van der Waals surface area (Å²) in [6, 6.07) is 4.61. The van der Waals surface area contributed by atoms with Gasteiger partial charge in [0.15, 0.2) is 5.65 Å². The Morgan fingerprint density at radius 3 is 2.26 bits per heavy atom. The molecule has 3 aromatic rings. The van der Waals surface area contributed by atoms with Crippen molar-refractivity contribution in [2.75, 3.05) is 18.4 Å². The number of carbonyl (C=O) groups excluding carboxylic acids is 1. The number of aromatic nitrogens is 3. The van der Waals surface area contributed by atoms with Gasteiger partial charge in [-0.2, -0.15) is 26.3 Å². The van der Waals surface area contributed by atoms with E-state index in [1.165, 1.54) is 32.9 Å². The van der Waals surface area contributed by atoms with Crippen LogP contribution in [-0.4, -0.2) is 38.8 Å². The number of benzene rings is 1. The molecule has 1 aromatic carbocycles. The number of pyridine rings is 1. The van der Waals surface area contributed by atoms with Gasteiger partial charge in [0, 0.05) is 20.0 Å². The third kappa shape index (κ3) is 5.53. The van der Waals surface area contributed by atoms with Crippen molar-refractivity contribution in [3.63, 3.8) is 0 Å². The number of nitrogens with zero attached hydrogens (tertiary/aromatic N) is 4. The van der Waals surface area contributed by atoms with Gasteiger partial charge < -0.3 is 10.2 Å². The van der Waals surface area contributed by atoms with E-state index in [9.17, 15) is 31.1 Å². The van der Waals surface area contributed by atoms with Gasteiger partial charge in [0.1, 0.15) is 17.3 Å². The molecule has 4 rings (SSSR count). The van der Waals surface area contributed by atoms with Crippen LogP contribution >= 0.6 is 0 Å². The van der Waals surface area contributed by atoms with Crippen molar-refractivity contribution in [1.82, 2.24) is 19.9 Å². The molecule has 1 atom stereocenters. The van der Waals surface area contributed by atoms with Gasteiger partial charge in [-0.05, 0) is 68.4 Å². The third-order valence-corrected chi connectivity index (χ3v) is 6.98. The van der Waals surface area contributed by atoms with E-state index >= 15 is 0 Å². The average molecular weight is 540 g/mol. The van der Waals surface area contributed by atoms with Crippen LogP contribution in [-0.2, 0) is 17.1 Å². The van der Waals surface area contributed by atoms with Gasteiger partial charge in [-0.1, -0.05) is 12.1 Å². The first-order valence-corrected chi connectivity index (χ1v) is 12.1. The van der Waals surface area contributed by atoms with E-state index in [4.69, 9.17) is 0 Å². The monoisotopic (exact) mass is 539 g/mol. The summed E-state index contributed by atoms with van der Waals surface area (Å²) in [5, 5.41) is 3.32. The Labute approximate surface area is 215 Å². The van der Waals surface area contributed by atoms with Crippen LogP contribution in [0.25, 0.3) is 11.0 Å². The lowest BCUT2D eigenvalue weighted by molar-refractivity contribution is -0.142. The van der Waals surface area contributed by atoms with Crippen molar-refractivity contribution >= 4 is 22.8 Å². The molecule has 1 N–H and O–H groups in total. The summed E-state index contributed by atoms with van der Waals surface area (Å²) in [5.74, 6) is -0.279. The largest absolute Gasteiger partial charge is 0.433 e. The highest BCUT2D eigenvalue weighted by molar-refractivity contribution is 5.87. The summed E-state index contributed by atoms with van der Waals surface area (Å²) in [6.45, 7) is 6.62. The molecule has 0 bridgehead atoms. The number of aryl methyl sites for hydroxylation is 1. The Hall–Kier alpha value is -3.44. The van der Waals surface area contributed by atoms with Crippen LogP contribution in [0.15, 0.2) is 24.3 Å². The highest BCUT2D eigenvalue weighted by Gasteiger charge is 2.39. The average Bonchev–Trinajstić information content (AvgIpc) is 2.82. The van der Waals surface area contributed by atoms with Gasteiger partial charge in [0.2, 0.25) is 5.91 Å². The van der Waals surface area contributed by atoms with Gasteiger partial charge >= 0.3 is 12.4 Å². The number of amides is 1. The van der Waals surface area contributed by atoms with Gasteiger partial charge in [-0.15, -0.1) is 0 Å². The van der Waals surface area contributed by atoms with Crippen molar-refractivity contribution in [2.45, 2.75) is 64.8 Å². The minimum Gasteiger partial charge on any atom is -0.363 e. The molecule has 0 aliphatic carbocycles. The molecule has 12 heteroatoms. The second-order valence-corrected chi connectivity index (χ2v) is 9.58. The van der Waals surface area contributed by atoms with Crippen LogP contribution in [0, 0.1) is 13.8 Å². The zero-order valence-corrected chi connectivity index (χ0v) is 21.3. The van der Waals surface area contributed by atoms with E-state index in [0.717, 1.165) is 6.07 Å². The maximum atomic E-state index is 14.1. The van der Waals surface area contributed by atoms with Gasteiger partial charge in [-0.3, -0.25) is 4.79 Å². The summed E-state index contributed by atoms with van der Waals surface area (Å²) < 4.78 is 82.5. The standard InChI is InChI=1S/C26H27F6N5O/c1-13-18(6-5-7-21(13)25(27,28)29)14(2)33-23-20-12-19(17-8-10-37(11-9-17)16(4)38)22(26(30,31)32)36-24(20)35-15(3)34-23/h5-7,12,14,17H,8-11H2,1-4H3,(H,33,34,35,36)/t14-/m1/s1. The van der Waals surface area contributed by atoms with Crippen LogP contribution in [0.5, 0.6) is 0 Å². The molecule has 1 saturated heterocycles. The fourth-order valence-corrected chi connectivity index (χ4v) is 5.05. The number of carbonyl (C=O) groups is 1. The van der Waals surface area contributed by atoms with E-state index in [1.54, 1.807) is 17.9 Å². The number of nitrogens with one attached hydrogen (secondary N) is 1. The van der Waals surface area contributed by atoms with E-state index in [1.807, 2.05) is 0 Å². The zero-order valence-electron chi connectivity index (χ0n) is 21.3. The second-order valence-electron chi connectivity index (χ2n) is 9.58. The maximum Gasteiger partial charge on any atom is 0.433 e. The molecule has 1 amide bonds. The molecule has 1 aliphatic heterocycles. The number of hydrogen-bond acceptors (Lipinski definition) is 5. The number of rotatable bonds is 4. The third-order valence-electron chi connectivity index (χ3n) is 6.98. The summed E-state index contributed by atoms with van der Waals surface area (Å²) in [7, 11) is 0. The molecule has 0 saturated carbocycles. The molecular formula is C26H27F6N5O. The molecule has 204 valence electrons. The van der Waals surface area contributed by atoms with Crippen LogP contribution in [0.3, 0.4) is 0 Å². The Morgan fingerprint density at radius 2 is 1.68 bits per heavy atom. The fourth-order valence-electron chi connectivity index (χ4n) is 5.05. The first kappa shape index (κ1) is 27.6. The molecule has 0 radical (unpaired) electrons. The molecule has 0 unspecified atom stereocenters.